The van der Waals surface area contributed by atoms with Crippen LogP contribution in [0.2, 0.25) is 0 Å². The number of nitrogens with one attached hydrogen (secondary N) is 1. The van der Waals surface area contributed by atoms with Crippen LogP contribution in [-0.2, 0) is 6.54 Å². The molecule has 3 aromatic carbocycles. The van der Waals surface area contributed by atoms with E-state index in [2.05, 4.69) is 40.2 Å². The van der Waals surface area contributed by atoms with Crippen LogP contribution in [0.3, 0.4) is 0 Å². The van der Waals surface area contributed by atoms with Crippen LogP contribution >= 0.6 is 0 Å². The number of rotatable bonds is 5. The highest BCUT2D eigenvalue weighted by Gasteiger charge is 2.33. The Hall–Kier alpha value is -3.64. The van der Waals surface area contributed by atoms with Gasteiger partial charge in [0.05, 0.1) is 12.7 Å². The van der Waals surface area contributed by atoms with Crippen molar-refractivity contribution in [3.8, 4) is 17.4 Å². The van der Waals surface area contributed by atoms with Crippen LogP contribution in [0.15, 0.2) is 67.0 Å². The number of fused-ring (bicyclic) bond motifs is 4. The van der Waals surface area contributed by atoms with Crippen LogP contribution in [0, 0.1) is 5.41 Å². The van der Waals surface area contributed by atoms with E-state index in [4.69, 9.17) is 14.9 Å². The van der Waals surface area contributed by atoms with Crippen molar-refractivity contribution >= 4 is 10.8 Å². The zero-order valence-electron chi connectivity index (χ0n) is 18.5. The summed E-state index contributed by atoms with van der Waals surface area (Å²) in [5.41, 5.74) is 3.37. The van der Waals surface area contributed by atoms with Gasteiger partial charge >= 0.3 is 0 Å². The highest BCUT2D eigenvalue weighted by atomic mass is 16.5. The molecule has 0 saturated heterocycles. The van der Waals surface area contributed by atoms with E-state index in [-0.39, 0.29) is 5.92 Å². The first-order chi connectivity index (χ1) is 15.6. The molecule has 0 bridgehead atoms. The van der Waals surface area contributed by atoms with Gasteiger partial charge in [-0.2, -0.15) is 0 Å². The summed E-state index contributed by atoms with van der Waals surface area (Å²) in [4.78, 5) is 6.73. The second-order valence-electron chi connectivity index (χ2n) is 8.32. The molecule has 0 fully saturated rings. The third-order valence-electron chi connectivity index (χ3n) is 6.04. The molecule has 2 heterocycles. The molecular formula is C26H26N4O2. The Morgan fingerprint density at radius 1 is 1.03 bits per heavy atom. The van der Waals surface area contributed by atoms with Gasteiger partial charge in [0, 0.05) is 24.6 Å². The molecule has 0 spiro atoms. The number of aromatic nitrogens is 2. The highest BCUT2D eigenvalue weighted by Crippen LogP contribution is 2.48. The Morgan fingerprint density at radius 2 is 1.81 bits per heavy atom. The van der Waals surface area contributed by atoms with Gasteiger partial charge < -0.3 is 18.9 Å². The molecule has 6 nitrogen and oxygen atoms in total. The third kappa shape index (κ3) is 3.42. The van der Waals surface area contributed by atoms with E-state index in [1.165, 1.54) is 0 Å². The summed E-state index contributed by atoms with van der Waals surface area (Å²) < 4.78 is 13.5. The predicted octanol–water partition coefficient (Wildman–Crippen LogP) is 4.37. The smallest absolute Gasteiger partial charge is 0.228 e. The molecule has 32 heavy (non-hydrogen) atoms. The lowest BCUT2D eigenvalue weighted by molar-refractivity contribution is 0.371. The SMILES string of the molecule is COc1ccc(C2c3c(ncn(CCN(C)C)c3=N)Oc3ccc4ccccc4c32)cc1. The summed E-state index contributed by atoms with van der Waals surface area (Å²) in [5.74, 6) is 1.92. The lowest BCUT2D eigenvalue weighted by Gasteiger charge is -2.30. The maximum Gasteiger partial charge on any atom is 0.228 e. The minimum absolute atomic E-state index is 0.169. The number of hydrogen-bond donors (Lipinski definition) is 1. The first-order valence-corrected chi connectivity index (χ1v) is 10.7. The standard InChI is InChI=1S/C26H26N4O2/c1-29(2)14-15-30-16-28-26-24(25(30)27)22(18-8-11-19(31-3)12-9-18)23-20-7-5-4-6-17(20)10-13-21(23)32-26/h4-13,16,22,27H,14-15H2,1-3H3. The molecule has 1 aliphatic heterocycles. The van der Waals surface area contributed by atoms with Gasteiger partial charge in [-0.15, -0.1) is 0 Å². The molecule has 4 aromatic rings. The Labute approximate surface area is 187 Å². The van der Waals surface area contributed by atoms with Crippen LogP contribution < -0.4 is 15.0 Å². The maximum atomic E-state index is 9.08. The molecule has 0 radical (unpaired) electrons. The lowest BCUT2D eigenvalue weighted by Crippen LogP contribution is -2.32. The minimum atomic E-state index is -0.169. The average molecular weight is 427 g/mol. The quantitative estimate of drug-likeness (QED) is 0.453. The van der Waals surface area contributed by atoms with Gasteiger partial charge in [-0.1, -0.05) is 42.5 Å². The fourth-order valence-corrected chi connectivity index (χ4v) is 4.36. The molecule has 6 heteroatoms. The van der Waals surface area contributed by atoms with E-state index in [0.29, 0.717) is 17.9 Å². The molecule has 1 atom stereocenters. The van der Waals surface area contributed by atoms with Crippen molar-refractivity contribution in [2.45, 2.75) is 12.5 Å². The number of nitrogens with zero attached hydrogens (tertiary/aromatic N) is 3. The first kappa shape index (κ1) is 20.3. The molecule has 0 saturated carbocycles. The summed E-state index contributed by atoms with van der Waals surface area (Å²) in [6.07, 6.45) is 1.71. The summed E-state index contributed by atoms with van der Waals surface area (Å²) in [6.45, 7) is 1.51. The van der Waals surface area contributed by atoms with Gasteiger partial charge in [-0.05, 0) is 48.6 Å². The van der Waals surface area contributed by atoms with E-state index >= 15 is 0 Å². The number of likely N-dealkylation sites (N-methyl/N-ethyl adjacent to an activating group) is 1. The normalized spacial score (nSPS) is 14.7. The number of benzene rings is 3. The monoisotopic (exact) mass is 426 g/mol. The molecule has 1 unspecified atom stereocenters. The van der Waals surface area contributed by atoms with Crippen LogP contribution in [0.25, 0.3) is 10.8 Å². The Balaban J connectivity index is 1.76. The van der Waals surface area contributed by atoms with E-state index in [0.717, 1.165) is 45.5 Å². The Bertz CT molecular complexity index is 1340. The second-order valence-corrected chi connectivity index (χ2v) is 8.32. The lowest BCUT2D eigenvalue weighted by atomic mass is 9.81. The summed E-state index contributed by atoms with van der Waals surface area (Å²) in [7, 11) is 5.73. The van der Waals surface area contributed by atoms with E-state index in [1.54, 1.807) is 13.4 Å². The van der Waals surface area contributed by atoms with Crippen molar-refractivity contribution < 1.29 is 9.47 Å². The molecule has 1 N–H and O–H groups in total. The van der Waals surface area contributed by atoms with Crippen molar-refractivity contribution in [3.05, 3.63) is 89.2 Å². The van der Waals surface area contributed by atoms with Crippen molar-refractivity contribution in [1.29, 1.82) is 5.41 Å². The van der Waals surface area contributed by atoms with Crippen molar-refractivity contribution in [3.63, 3.8) is 0 Å². The van der Waals surface area contributed by atoms with Crippen molar-refractivity contribution in [2.75, 3.05) is 27.7 Å². The van der Waals surface area contributed by atoms with E-state index in [1.807, 2.05) is 49.0 Å². The van der Waals surface area contributed by atoms with Crippen LogP contribution in [0.5, 0.6) is 17.4 Å². The molecule has 5 rings (SSSR count). The largest absolute Gasteiger partial charge is 0.497 e. The Morgan fingerprint density at radius 3 is 2.56 bits per heavy atom. The fourth-order valence-electron chi connectivity index (χ4n) is 4.36. The van der Waals surface area contributed by atoms with Crippen LogP contribution in [0.1, 0.15) is 22.6 Å². The summed E-state index contributed by atoms with van der Waals surface area (Å²) >= 11 is 0. The molecule has 0 amide bonds. The van der Waals surface area contributed by atoms with Crippen LogP contribution in [-0.4, -0.2) is 42.2 Å². The van der Waals surface area contributed by atoms with Gasteiger partial charge in [-0.25, -0.2) is 4.98 Å². The fraction of sp³-hybridized carbons (Fsp3) is 0.231. The van der Waals surface area contributed by atoms with Gasteiger partial charge in [0.1, 0.15) is 23.3 Å². The summed E-state index contributed by atoms with van der Waals surface area (Å²) in [6, 6.07) is 20.5. The second kappa shape index (κ2) is 8.13. The minimum Gasteiger partial charge on any atom is -0.497 e. The maximum absolute atomic E-state index is 9.08. The van der Waals surface area contributed by atoms with E-state index < -0.39 is 0 Å². The zero-order valence-corrected chi connectivity index (χ0v) is 18.5. The predicted molar refractivity (Wildman–Crippen MR) is 125 cm³/mol. The highest BCUT2D eigenvalue weighted by molar-refractivity contribution is 5.90. The van der Waals surface area contributed by atoms with Crippen molar-refractivity contribution in [2.24, 2.45) is 0 Å². The molecule has 1 aliphatic rings. The van der Waals surface area contributed by atoms with Gasteiger partial charge in [-0.3, -0.25) is 5.41 Å². The first-order valence-electron chi connectivity index (χ1n) is 10.7. The average Bonchev–Trinajstić information content (AvgIpc) is 2.82. The molecule has 162 valence electrons. The molecule has 1 aromatic heterocycles. The van der Waals surface area contributed by atoms with E-state index in [9.17, 15) is 0 Å². The van der Waals surface area contributed by atoms with Gasteiger partial charge in [0.15, 0.2) is 0 Å². The molecular weight excluding hydrogens is 400 g/mol. The Kier molecular flexibility index (Phi) is 5.15. The number of ether oxygens (including phenoxy) is 2. The molecule has 0 aliphatic carbocycles. The zero-order chi connectivity index (χ0) is 22.2. The van der Waals surface area contributed by atoms with Gasteiger partial charge in [0.2, 0.25) is 5.88 Å². The number of methoxy groups -OCH3 is 1. The summed E-state index contributed by atoms with van der Waals surface area (Å²) in [5, 5.41) is 11.3. The van der Waals surface area contributed by atoms with Crippen molar-refractivity contribution in [1.82, 2.24) is 14.5 Å². The topological polar surface area (TPSA) is 63.4 Å². The van der Waals surface area contributed by atoms with Gasteiger partial charge in [0.25, 0.3) is 0 Å². The number of hydrogen-bond acceptors (Lipinski definition) is 5. The third-order valence-corrected chi connectivity index (χ3v) is 6.04. The van der Waals surface area contributed by atoms with Crippen LogP contribution in [0.4, 0.5) is 0 Å².